The third kappa shape index (κ3) is 5.14. The maximum atomic E-state index is 12.6. The number of ether oxygens (including phenoxy) is 2. The number of hydrogen-bond acceptors (Lipinski definition) is 4. The van der Waals surface area contributed by atoms with Crippen molar-refractivity contribution in [3.63, 3.8) is 0 Å². The molecule has 0 spiro atoms. The van der Waals surface area contributed by atoms with Gasteiger partial charge in [0.25, 0.3) is 0 Å². The van der Waals surface area contributed by atoms with Crippen LogP contribution in [0, 0.1) is 11.3 Å². The van der Waals surface area contributed by atoms with Gasteiger partial charge in [-0.05, 0) is 42.3 Å². The zero-order chi connectivity index (χ0) is 20.0. The maximum absolute atomic E-state index is 12.6. The number of nitriles is 1. The number of hydrogen-bond donors (Lipinski definition) is 0. The van der Waals surface area contributed by atoms with Gasteiger partial charge in [0, 0.05) is 6.20 Å². The first kappa shape index (κ1) is 20.6. The van der Waals surface area contributed by atoms with Crippen molar-refractivity contribution in [2.45, 2.75) is 19.5 Å². The van der Waals surface area contributed by atoms with E-state index in [0.29, 0.717) is 34.9 Å². The Morgan fingerprint density at radius 1 is 1.33 bits per heavy atom. The Morgan fingerprint density at radius 3 is 2.59 bits per heavy atom. The van der Waals surface area contributed by atoms with E-state index in [9.17, 15) is 18.4 Å². The smallest absolute Gasteiger partial charge is 0.417 e. The van der Waals surface area contributed by atoms with Crippen molar-refractivity contribution in [3.8, 4) is 17.6 Å². The summed E-state index contributed by atoms with van der Waals surface area (Å²) < 4.78 is 48.8. The number of halogens is 4. The van der Waals surface area contributed by atoms with Crippen LogP contribution in [0.1, 0.15) is 30.2 Å². The van der Waals surface area contributed by atoms with Crippen molar-refractivity contribution < 1.29 is 22.6 Å². The Bertz CT molecular complexity index is 872. The van der Waals surface area contributed by atoms with Gasteiger partial charge in [-0.15, -0.1) is 0 Å². The second kappa shape index (κ2) is 8.78. The number of rotatable bonds is 6. The second-order valence-corrected chi connectivity index (χ2v) is 5.89. The molecule has 8 heteroatoms. The van der Waals surface area contributed by atoms with E-state index in [2.05, 4.69) is 4.98 Å². The predicted octanol–water partition coefficient (Wildman–Crippen LogP) is 5.62. The summed E-state index contributed by atoms with van der Waals surface area (Å²) in [6.07, 6.45) is -1.54. The van der Waals surface area contributed by atoms with Crippen LogP contribution in [0.2, 0.25) is 5.02 Å². The van der Waals surface area contributed by atoms with Crippen molar-refractivity contribution in [2.75, 3.05) is 13.7 Å². The summed E-state index contributed by atoms with van der Waals surface area (Å²) in [7, 11) is 1.46. The summed E-state index contributed by atoms with van der Waals surface area (Å²) in [5.41, 5.74) is -0.152. The number of benzene rings is 1. The molecule has 0 atom stereocenters. The largest absolute Gasteiger partial charge is 0.493 e. The van der Waals surface area contributed by atoms with E-state index in [0.717, 1.165) is 18.6 Å². The highest BCUT2D eigenvalue weighted by Gasteiger charge is 2.30. The first-order valence-electron chi connectivity index (χ1n) is 7.96. The van der Waals surface area contributed by atoms with Gasteiger partial charge in [-0.1, -0.05) is 18.5 Å². The molecule has 0 amide bonds. The molecule has 0 saturated heterocycles. The number of pyridine rings is 1. The predicted molar refractivity (Wildman–Crippen MR) is 96.5 cm³/mol. The molecule has 2 rings (SSSR count). The molecule has 2 aromatic rings. The summed E-state index contributed by atoms with van der Waals surface area (Å²) >= 11 is 6.23. The van der Waals surface area contributed by atoms with E-state index in [-0.39, 0.29) is 11.3 Å². The first-order chi connectivity index (χ1) is 12.8. The third-order valence-electron chi connectivity index (χ3n) is 3.50. The van der Waals surface area contributed by atoms with Crippen LogP contribution in [0.25, 0.3) is 11.6 Å². The highest BCUT2D eigenvalue weighted by atomic mass is 35.5. The molecule has 0 aliphatic heterocycles. The van der Waals surface area contributed by atoms with Crippen LogP contribution >= 0.6 is 11.6 Å². The minimum atomic E-state index is -4.49. The SMILES string of the molecule is CCCOc1c(Cl)cc(/C=C(\C#N)c2ccc(C(F)(F)F)cn2)cc1OC. The molecule has 0 N–H and O–H groups in total. The summed E-state index contributed by atoms with van der Waals surface area (Å²) in [4.78, 5) is 3.74. The van der Waals surface area contributed by atoms with Gasteiger partial charge in [0.15, 0.2) is 11.5 Å². The lowest BCUT2D eigenvalue weighted by Gasteiger charge is -2.13. The van der Waals surface area contributed by atoms with Crippen LogP contribution in [0.4, 0.5) is 13.2 Å². The van der Waals surface area contributed by atoms with E-state index in [1.165, 1.54) is 13.2 Å². The number of nitrogens with zero attached hydrogens (tertiary/aromatic N) is 2. The normalized spacial score (nSPS) is 11.8. The average Bonchev–Trinajstić information content (AvgIpc) is 2.64. The standard InChI is InChI=1S/C19H16ClF3N2O2/c1-3-6-27-18-15(20)8-12(9-17(18)26-2)7-13(10-24)16-5-4-14(11-25-16)19(21,22)23/h4-5,7-9,11H,3,6H2,1-2H3/b13-7+. The van der Waals surface area contributed by atoms with Crippen molar-refractivity contribution in [1.82, 2.24) is 4.98 Å². The fraction of sp³-hybridized carbons (Fsp3) is 0.263. The average molecular weight is 397 g/mol. The molecular formula is C19H16ClF3N2O2. The monoisotopic (exact) mass is 396 g/mol. The lowest BCUT2D eigenvalue weighted by atomic mass is 10.1. The molecular weight excluding hydrogens is 381 g/mol. The molecule has 27 heavy (non-hydrogen) atoms. The van der Waals surface area contributed by atoms with Gasteiger partial charge in [0.1, 0.15) is 6.07 Å². The van der Waals surface area contributed by atoms with E-state index < -0.39 is 11.7 Å². The molecule has 0 saturated carbocycles. The fourth-order valence-electron chi connectivity index (χ4n) is 2.22. The van der Waals surface area contributed by atoms with Gasteiger partial charge in [0.2, 0.25) is 0 Å². The molecule has 4 nitrogen and oxygen atoms in total. The van der Waals surface area contributed by atoms with Crippen molar-refractivity contribution >= 4 is 23.3 Å². The first-order valence-corrected chi connectivity index (χ1v) is 8.33. The Hall–Kier alpha value is -2.72. The summed E-state index contributed by atoms with van der Waals surface area (Å²) in [6.45, 7) is 2.41. The molecule has 0 aliphatic carbocycles. The number of methoxy groups -OCH3 is 1. The molecule has 0 fully saturated rings. The maximum Gasteiger partial charge on any atom is 0.417 e. The molecule has 1 aromatic carbocycles. The molecule has 0 bridgehead atoms. The Kier molecular flexibility index (Phi) is 6.70. The van der Waals surface area contributed by atoms with Gasteiger partial charge in [0.05, 0.1) is 35.6 Å². The summed E-state index contributed by atoms with van der Waals surface area (Å²) in [6, 6.07) is 7.16. The minimum Gasteiger partial charge on any atom is -0.493 e. The van der Waals surface area contributed by atoms with E-state index >= 15 is 0 Å². The topological polar surface area (TPSA) is 55.1 Å². The lowest BCUT2D eigenvalue weighted by molar-refractivity contribution is -0.137. The zero-order valence-electron chi connectivity index (χ0n) is 14.6. The van der Waals surface area contributed by atoms with Crippen LogP contribution in [0.15, 0.2) is 30.5 Å². The second-order valence-electron chi connectivity index (χ2n) is 5.48. The van der Waals surface area contributed by atoms with Gasteiger partial charge >= 0.3 is 6.18 Å². The Labute approximate surface area is 159 Å². The fourth-order valence-corrected chi connectivity index (χ4v) is 2.49. The van der Waals surface area contributed by atoms with Gasteiger partial charge in [-0.3, -0.25) is 4.98 Å². The summed E-state index contributed by atoms with van der Waals surface area (Å²) in [5, 5.41) is 9.66. The third-order valence-corrected chi connectivity index (χ3v) is 3.78. The van der Waals surface area contributed by atoms with Crippen LogP contribution in [-0.4, -0.2) is 18.7 Å². The molecule has 1 aromatic heterocycles. The van der Waals surface area contributed by atoms with E-state index in [1.54, 1.807) is 12.1 Å². The van der Waals surface area contributed by atoms with Gasteiger partial charge < -0.3 is 9.47 Å². The van der Waals surface area contributed by atoms with Crippen LogP contribution < -0.4 is 9.47 Å². The highest BCUT2D eigenvalue weighted by Crippen LogP contribution is 2.37. The number of allylic oxidation sites excluding steroid dienone is 1. The van der Waals surface area contributed by atoms with Crippen molar-refractivity contribution in [3.05, 3.63) is 52.3 Å². The summed E-state index contributed by atoms with van der Waals surface area (Å²) in [5.74, 6) is 0.782. The zero-order valence-corrected chi connectivity index (χ0v) is 15.4. The lowest BCUT2D eigenvalue weighted by Crippen LogP contribution is -2.05. The van der Waals surface area contributed by atoms with Crippen molar-refractivity contribution in [2.24, 2.45) is 0 Å². The van der Waals surface area contributed by atoms with Crippen LogP contribution in [-0.2, 0) is 6.18 Å². The quantitative estimate of drug-likeness (QED) is 0.595. The molecule has 0 radical (unpaired) electrons. The van der Waals surface area contributed by atoms with E-state index in [1.807, 2.05) is 13.0 Å². The van der Waals surface area contributed by atoms with Gasteiger partial charge in [-0.2, -0.15) is 18.4 Å². The van der Waals surface area contributed by atoms with Crippen LogP contribution in [0.3, 0.4) is 0 Å². The Balaban J connectivity index is 2.40. The minimum absolute atomic E-state index is 0.0871. The van der Waals surface area contributed by atoms with Gasteiger partial charge in [-0.25, -0.2) is 0 Å². The van der Waals surface area contributed by atoms with E-state index in [4.69, 9.17) is 21.1 Å². The Morgan fingerprint density at radius 2 is 2.07 bits per heavy atom. The molecule has 142 valence electrons. The molecule has 0 aliphatic rings. The molecule has 1 heterocycles. The number of aromatic nitrogens is 1. The van der Waals surface area contributed by atoms with Crippen molar-refractivity contribution in [1.29, 1.82) is 5.26 Å². The molecule has 0 unspecified atom stereocenters. The van der Waals surface area contributed by atoms with Crippen LogP contribution in [0.5, 0.6) is 11.5 Å². The number of alkyl halides is 3. The highest BCUT2D eigenvalue weighted by molar-refractivity contribution is 6.32.